The van der Waals surface area contributed by atoms with E-state index in [1.165, 1.54) is 0 Å². The van der Waals surface area contributed by atoms with Crippen molar-refractivity contribution in [2.24, 2.45) is 0 Å². The lowest BCUT2D eigenvalue weighted by atomic mass is 10.0. The SMILES string of the molecule is O=C(O)C1O[C@H](O)CC(O)[C@@H]1O. The molecule has 4 atom stereocenters. The summed E-state index contributed by atoms with van der Waals surface area (Å²) in [6.07, 6.45) is -5.79. The minimum absolute atomic E-state index is 0.176. The molecule has 6 nitrogen and oxygen atoms in total. The molecule has 6 heteroatoms. The van der Waals surface area contributed by atoms with Crippen molar-refractivity contribution < 1.29 is 30.0 Å². The molecular formula is C6H10O6. The fourth-order valence-electron chi connectivity index (χ4n) is 1.06. The number of aliphatic hydroxyl groups is 3. The minimum Gasteiger partial charge on any atom is -0.479 e. The van der Waals surface area contributed by atoms with Gasteiger partial charge in [-0.15, -0.1) is 0 Å². The van der Waals surface area contributed by atoms with Crippen molar-refractivity contribution in [2.45, 2.75) is 31.0 Å². The van der Waals surface area contributed by atoms with Crippen LogP contribution in [0.4, 0.5) is 0 Å². The molecule has 70 valence electrons. The summed E-state index contributed by atoms with van der Waals surface area (Å²) in [7, 11) is 0. The second kappa shape index (κ2) is 3.36. The molecule has 0 amide bonds. The predicted octanol–water partition coefficient (Wildman–Crippen LogP) is -2.10. The van der Waals surface area contributed by atoms with Crippen LogP contribution in [0.5, 0.6) is 0 Å². The van der Waals surface area contributed by atoms with Crippen molar-refractivity contribution in [2.75, 3.05) is 0 Å². The van der Waals surface area contributed by atoms with E-state index in [2.05, 4.69) is 4.74 Å². The molecule has 1 rings (SSSR count). The predicted molar refractivity (Wildman–Crippen MR) is 35.1 cm³/mol. The van der Waals surface area contributed by atoms with Gasteiger partial charge in [0.15, 0.2) is 12.4 Å². The van der Waals surface area contributed by atoms with Crippen LogP contribution in [0.2, 0.25) is 0 Å². The van der Waals surface area contributed by atoms with Crippen LogP contribution in [-0.2, 0) is 9.53 Å². The first kappa shape index (κ1) is 9.40. The molecule has 0 saturated carbocycles. The Balaban J connectivity index is 2.66. The molecule has 1 saturated heterocycles. The molecule has 0 bridgehead atoms. The molecule has 0 aromatic rings. The molecule has 1 fully saturated rings. The monoisotopic (exact) mass is 178 g/mol. The fraction of sp³-hybridized carbons (Fsp3) is 0.833. The number of ether oxygens (including phenoxy) is 1. The number of hydrogen-bond acceptors (Lipinski definition) is 5. The summed E-state index contributed by atoms with van der Waals surface area (Å²) in [6.45, 7) is 0. The smallest absolute Gasteiger partial charge is 0.335 e. The van der Waals surface area contributed by atoms with Gasteiger partial charge in [0.1, 0.15) is 6.10 Å². The second-order valence-corrected chi connectivity index (χ2v) is 2.64. The van der Waals surface area contributed by atoms with Gasteiger partial charge in [-0.25, -0.2) is 4.79 Å². The number of aliphatic hydroxyl groups excluding tert-OH is 3. The van der Waals surface area contributed by atoms with Crippen LogP contribution in [0.1, 0.15) is 6.42 Å². The Hall–Kier alpha value is -0.690. The minimum atomic E-state index is -1.55. The molecule has 12 heavy (non-hydrogen) atoms. The third-order valence-corrected chi connectivity index (χ3v) is 1.69. The van der Waals surface area contributed by atoms with E-state index in [1.54, 1.807) is 0 Å². The zero-order valence-corrected chi connectivity index (χ0v) is 6.12. The van der Waals surface area contributed by atoms with Gasteiger partial charge in [-0.1, -0.05) is 0 Å². The Morgan fingerprint density at radius 1 is 1.33 bits per heavy atom. The maximum absolute atomic E-state index is 10.3. The molecule has 0 radical (unpaired) electrons. The van der Waals surface area contributed by atoms with Crippen LogP contribution in [0.15, 0.2) is 0 Å². The molecule has 1 aliphatic heterocycles. The largest absolute Gasteiger partial charge is 0.479 e. The van der Waals surface area contributed by atoms with E-state index in [9.17, 15) is 4.79 Å². The van der Waals surface area contributed by atoms with Crippen LogP contribution >= 0.6 is 0 Å². The van der Waals surface area contributed by atoms with E-state index < -0.39 is 30.6 Å². The summed E-state index contributed by atoms with van der Waals surface area (Å²) in [5.74, 6) is -1.40. The van der Waals surface area contributed by atoms with Gasteiger partial charge in [0.05, 0.1) is 6.10 Å². The van der Waals surface area contributed by atoms with Crippen LogP contribution in [0, 0.1) is 0 Å². The molecule has 4 N–H and O–H groups in total. The Morgan fingerprint density at radius 2 is 1.92 bits per heavy atom. The normalized spacial score (nSPS) is 42.6. The maximum Gasteiger partial charge on any atom is 0.335 e. The lowest BCUT2D eigenvalue weighted by Crippen LogP contribution is -2.51. The average Bonchev–Trinajstić information content (AvgIpc) is 1.96. The van der Waals surface area contributed by atoms with Crippen LogP contribution < -0.4 is 0 Å². The van der Waals surface area contributed by atoms with E-state index in [1.807, 2.05) is 0 Å². The Kier molecular flexibility index (Phi) is 2.63. The summed E-state index contributed by atoms with van der Waals surface area (Å²) in [6, 6.07) is 0. The number of aliphatic carboxylic acids is 1. The molecule has 0 spiro atoms. The zero-order chi connectivity index (χ0) is 9.30. The molecule has 2 unspecified atom stereocenters. The highest BCUT2D eigenvalue weighted by atomic mass is 16.6. The van der Waals surface area contributed by atoms with E-state index in [-0.39, 0.29) is 6.42 Å². The first-order valence-electron chi connectivity index (χ1n) is 3.45. The summed E-state index contributed by atoms with van der Waals surface area (Å²) in [4.78, 5) is 10.3. The molecule has 0 aromatic carbocycles. The number of rotatable bonds is 1. The van der Waals surface area contributed by atoms with Gasteiger partial charge in [-0.3, -0.25) is 0 Å². The first-order chi connectivity index (χ1) is 5.52. The first-order valence-corrected chi connectivity index (χ1v) is 3.45. The highest BCUT2D eigenvalue weighted by Gasteiger charge is 2.40. The van der Waals surface area contributed by atoms with Gasteiger partial charge < -0.3 is 25.2 Å². The van der Waals surface area contributed by atoms with Crippen molar-refractivity contribution in [3.63, 3.8) is 0 Å². The van der Waals surface area contributed by atoms with Crippen LogP contribution in [0.3, 0.4) is 0 Å². The van der Waals surface area contributed by atoms with Gasteiger partial charge in [0.25, 0.3) is 0 Å². The van der Waals surface area contributed by atoms with Gasteiger partial charge in [0, 0.05) is 6.42 Å². The topological polar surface area (TPSA) is 107 Å². The maximum atomic E-state index is 10.3. The Morgan fingerprint density at radius 3 is 2.42 bits per heavy atom. The molecule has 0 aromatic heterocycles. The van der Waals surface area contributed by atoms with Crippen molar-refractivity contribution in [1.29, 1.82) is 0 Å². The molecule has 0 aliphatic carbocycles. The zero-order valence-electron chi connectivity index (χ0n) is 6.12. The van der Waals surface area contributed by atoms with Crippen LogP contribution in [-0.4, -0.2) is 51.0 Å². The molecular weight excluding hydrogens is 168 g/mol. The summed E-state index contributed by atoms with van der Waals surface area (Å²) in [5, 5.41) is 35.4. The average molecular weight is 178 g/mol. The molecule has 1 heterocycles. The Labute approximate surface area is 68.0 Å². The van der Waals surface area contributed by atoms with Crippen molar-refractivity contribution >= 4 is 5.97 Å². The third kappa shape index (κ3) is 1.72. The number of hydrogen-bond donors (Lipinski definition) is 4. The van der Waals surface area contributed by atoms with E-state index in [0.29, 0.717) is 0 Å². The van der Waals surface area contributed by atoms with Gasteiger partial charge in [0.2, 0.25) is 0 Å². The molecule has 1 aliphatic rings. The van der Waals surface area contributed by atoms with E-state index in [4.69, 9.17) is 20.4 Å². The van der Waals surface area contributed by atoms with Gasteiger partial charge in [-0.05, 0) is 0 Å². The number of carboxylic acid groups (broad SMARTS) is 1. The number of carbonyl (C=O) groups is 1. The highest BCUT2D eigenvalue weighted by molar-refractivity contribution is 5.73. The third-order valence-electron chi connectivity index (χ3n) is 1.69. The lowest BCUT2D eigenvalue weighted by molar-refractivity contribution is -0.236. The fourth-order valence-corrected chi connectivity index (χ4v) is 1.06. The van der Waals surface area contributed by atoms with Crippen molar-refractivity contribution in [1.82, 2.24) is 0 Å². The summed E-state index contributed by atoms with van der Waals surface area (Å²) in [5.41, 5.74) is 0. The van der Waals surface area contributed by atoms with Gasteiger partial charge >= 0.3 is 5.97 Å². The summed E-state index contributed by atoms with van der Waals surface area (Å²) >= 11 is 0. The Bertz CT molecular complexity index is 181. The van der Waals surface area contributed by atoms with Crippen LogP contribution in [0.25, 0.3) is 0 Å². The van der Waals surface area contributed by atoms with E-state index in [0.717, 1.165) is 0 Å². The highest BCUT2D eigenvalue weighted by Crippen LogP contribution is 2.18. The summed E-state index contributed by atoms with van der Waals surface area (Å²) < 4.78 is 4.48. The second-order valence-electron chi connectivity index (χ2n) is 2.64. The van der Waals surface area contributed by atoms with Crippen molar-refractivity contribution in [3.8, 4) is 0 Å². The van der Waals surface area contributed by atoms with E-state index >= 15 is 0 Å². The van der Waals surface area contributed by atoms with Crippen molar-refractivity contribution in [3.05, 3.63) is 0 Å². The van der Waals surface area contributed by atoms with Gasteiger partial charge in [-0.2, -0.15) is 0 Å². The standard InChI is InChI=1S/C6H10O6/c7-2-1-3(8)12-5(4(2)9)6(10)11/h2-5,7-9H,1H2,(H,10,11)/t2?,3-,4-,5?/m0/s1. The quantitative estimate of drug-likeness (QED) is 0.366. The number of carboxylic acids is 1. The lowest BCUT2D eigenvalue weighted by Gasteiger charge is -2.32.